The van der Waals surface area contributed by atoms with Crippen LogP contribution in [0.15, 0.2) is 22.7 Å². The fraction of sp³-hybridized carbons (Fsp3) is 0.462. The molecule has 1 heterocycles. The van der Waals surface area contributed by atoms with E-state index in [2.05, 4.69) is 45.4 Å². The molecule has 1 fully saturated rings. The molecule has 0 N–H and O–H groups in total. The minimum absolute atomic E-state index is 0.0791. The van der Waals surface area contributed by atoms with E-state index in [9.17, 15) is 4.79 Å². The molecule has 98 valence electrons. The van der Waals surface area contributed by atoms with Gasteiger partial charge in [0.15, 0.2) is 0 Å². The Morgan fingerprint density at radius 2 is 2.33 bits per heavy atom. The molecule has 1 aliphatic heterocycles. The zero-order chi connectivity index (χ0) is 13.3. The summed E-state index contributed by atoms with van der Waals surface area (Å²) in [6, 6.07) is 5.97. The average molecular weight is 443 g/mol. The van der Waals surface area contributed by atoms with Gasteiger partial charge in [-0.05, 0) is 69.1 Å². The molecule has 1 aromatic carbocycles. The molecular formula is C13H14BrClINO. The zero-order valence-corrected chi connectivity index (χ0v) is 14.5. The number of carbonyl (C=O) groups is 1. The molecule has 0 saturated carbocycles. The molecule has 0 spiro atoms. The number of halogens is 3. The normalized spacial score (nSPS) is 23.4. The lowest BCUT2D eigenvalue weighted by Crippen LogP contribution is -2.38. The van der Waals surface area contributed by atoms with Crippen LogP contribution in [0.5, 0.6) is 0 Å². The van der Waals surface area contributed by atoms with Crippen LogP contribution < -0.4 is 0 Å². The fourth-order valence-electron chi connectivity index (χ4n) is 2.31. The highest BCUT2D eigenvalue weighted by Crippen LogP contribution is 2.29. The van der Waals surface area contributed by atoms with Gasteiger partial charge >= 0.3 is 0 Å². The summed E-state index contributed by atoms with van der Waals surface area (Å²) in [7, 11) is 0. The van der Waals surface area contributed by atoms with E-state index in [0.717, 1.165) is 26.6 Å². The van der Waals surface area contributed by atoms with Crippen molar-refractivity contribution in [3.05, 3.63) is 31.8 Å². The van der Waals surface area contributed by atoms with Gasteiger partial charge in [-0.3, -0.25) is 4.79 Å². The summed E-state index contributed by atoms with van der Waals surface area (Å²) in [5, 5.41) is 0. The van der Waals surface area contributed by atoms with Crippen molar-refractivity contribution in [2.75, 3.05) is 12.4 Å². The second-order valence-corrected chi connectivity index (χ2v) is 7.02. The molecule has 0 radical (unpaired) electrons. The number of nitrogens with zero attached hydrogens (tertiary/aromatic N) is 1. The van der Waals surface area contributed by atoms with Crippen molar-refractivity contribution in [3.63, 3.8) is 0 Å². The third kappa shape index (κ3) is 2.85. The van der Waals surface area contributed by atoms with Crippen molar-refractivity contribution in [1.82, 2.24) is 4.90 Å². The van der Waals surface area contributed by atoms with Crippen molar-refractivity contribution in [1.29, 1.82) is 0 Å². The second kappa shape index (κ2) is 6.09. The fourth-order valence-corrected chi connectivity index (χ4v) is 3.69. The highest BCUT2D eigenvalue weighted by molar-refractivity contribution is 14.1. The maximum absolute atomic E-state index is 12.6. The summed E-state index contributed by atoms with van der Waals surface area (Å²) in [5.74, 6) is 1.07. The highest BCUT2D eigenvalue weighted by Gasteiger charge is 2.34. The number of alkyl halides is 1. The minimum atomic E-state index is 0.0791. The first-order chi connectivity index (χ1) is 8.54. The molecule has 1 saturated heterocycles. The number of hydrogen-bond acceptors (Lipinski definition) is 1. The van der Waals surface area contributed by atoms with Crippen molar-refractivity contribution in [3.8, 4) is 0 Å². The van der Waals surface area contributed by atoms with Crippen LogP contribution in [0.25, 0.3) is 0 Å². The zero-order valence-electron chi connectivity index (χ0n) is 10.00. The van der Waals surface area contributed by atoms with Gasteiger partial charge in [0.05, 0.1) is 5.56 Å². The van der Waals surface area contributed by atoms with E-state index in [-0.39, 0.29) is 11.9 Å². The lowest BCUT2D eigenvalue weighted by Gasteiger charge is -2.25. The van der Waals surface area contributed by atoms with Crippen molar-refractivity contribution in [2.24, 2.45) is 5.92 Å². The van der Waals surface area contributed by atoms with Crippen LogP contribution in [0.2, 0.25) is 0 Å². The second-order valence-electron chi connectivity index (χ2n) is 4.61. The smallest absolute Gasteiger partial charge is 0.255 e. The van der Waals surface area contributed by atoms with Gasteiger partial charge in [0.1, 0.15) is 0 Å². The van der Waals surface area contributed by atoms with Crippen LogP contribution in [0.3, 0.4) is 0 Å². The predicted octanol–water partition coefficient (Wildman–Crippen LogP) is 4.14. The lowest BCUT2D eigenvalue weighted by molar-refractivity contribution is 0.0736. The van der Waals surface area contributed by atoms with E-state index in [1.807, 2.05) is 23.1 Å². The van der Waals surface area contributed by atoms with Crippen LogP contribution in [0.1, 0.15) is 23.7 Å². The standard InChI is InChI=1S/C13H14BrClINO/c1-8-4-5-17(12(8)7-15)13(18)10-6-9(16)2-3-11(10)14/h2-3,6,8,12H,4-5,7H2,1H3. The summed E-state index contributed by atoms with van der Waals surface area (Å²) in [5.41, 5.74) is 0.728. The molecule has 18 heavy (non-hydrogen) atoms. The number of rotatable bonds is 2. The van der Waals surface area contributed by atoms with E-state index >= 15 is 0 Å². The Labute approximate surface area is 134 Å². The van der Waals surface area contributed by atoms with Gasteiger partial charge in [-0.2, -0.15) is 0 Å². The van der Waals surface area contributed by atoms with Gasteiger partial charge in [0.2, 0.25) is 0 Å². The molecular weight excluding hydrogens is 428 g/mol. The molecule has 0 aromatic heterocycles. The SMILES string of the molecule is CC1CCN(C(=O)c2cc(I)ccc2Br)C1CCl. The van der Waals surface area contributed by atoms with Gasteiger partial charge in [-0.15, -0.1) is 11.6 Å². The number of benzene rings is 1. The third-order valence-electron chi connectivity index (χ3n) is 3.46. The number of carbonyl (C=O) groups excluding carboxylic acids is 1. The first kappa shape index (κ1) is 14.6. The number of likely N-dealkylation sites (tertiary alicyclic amines) is 1. The van der Waals surface area contributed by atoms with Crippen molar-refractivity contribution in [2.45, 2.75) is 19.4 Å². The molecule has 1 amide bonds. The molecule has 2 unspecified atom stereocenters. The van der Waals surface area contributed by atoms with E-state index in [1.54, 1.807) is 0 Å². The van der Waals surface area contributed by atoms with Crippen LogP contribution in [0, 0.1) is 9.49 Å². The predicted molar refractivity (Wildman–Crippen MR) is 86.2 cm³/mol. The average Bonchev–Trinajstić information content (AvgIpc) is 2.72. The summed E-state index contributed by atoms with van der Waals surface area (Å²) in [6.07, 6.45) is 1.03. The largest absolute Gasteiger partial charge is 0.334 e. The molecule has 2 atom stereocenters. The topological polar surface area (TPSA) is 20.3 Å². The van der Waals surface area contributed by atoms with E-state index in [4.69, 9.17) is 11.6 Å². The van der Waals surface area contributed by atoms with Crippen LogP contribution in [0.4, 0.5) is 0 Å². The van der Waals surface area contributed by atoms with E-state index in [1.165, 1.54) is 0 Å². The summed E-state index contributed by atoms with van der Waals surface area (Å²) in [4.78, 5) is 14.5. The van der Waals surface area contributed by atoms with Gasteiger partial charge < -0.3 is 4.90 Å². The van der Waals surface area contributed by atoms with Gasteiger partial charge in [-0.25, -0.2) is 0 Å². The first-order valence-corrected chi connectivity index (χ1v) is 8.27. The molecule has 5 heteroatoms. The van der Waals surface area contributed by atoms with Gasteiger partial charge in [0.25, 0.3) is 5.91 Å². The van der Waals surface area contributed by atoms with Crippen LogP contribution >= 0.6 is 50.1 Å². The quantitative estimate of drug-likeness (QED) is 0.498. The maximum Gasteiger partial charge on any atom is 0.255 e. The third-order valence-corrected chi connectivity index (χ3v) is 5.14. The number of amides is 1. The van der Waals surface area contributed by atoms with Crippen molar-refractivity contribution >= 4 is 56.0 Å². The Kier molecular flexibility index (Phi) is 4.94. The van der Waals surface area contributed by atoms with Gasteiger partial charge in [0, 0.05) is 26.5 Å². The lowest BCUT2D eigenvalue weighted by atomic mass is 10.0. The molecule has 2 rings (SSSR count). The van der Waals surface area contributed by atoms with Crippen molar-refractivity contribution < 1.29 is 4.79 Å². The Bertz CT molecular complexity index is 468. The first-order valence-electron chi connectivity index (χ1n) is 5.86. The molecule has 0 bridgehead atoms. The van der Waals surface area contributed by atoms with E-state index in [0.29, 0.717) is 11.8 Å². The van der Waals surface area contributed by atoms with Crippen LogP contribution in [-0.4, -0.2) is 29.3 Å². The number of hydrogen-bond donors (Lipinski definition) is 0. The van der Waals surface area contributed by atoms with Crippen LogP contribution in [-0.2, 0) is 0 Å². The minimum Gasteiger partial charge on any atom is -0.334 e. The highest BCUT2D eigenvalue weighted by atomic mass is 127. The van der Waals surface area contributed by atoms with Gasteiger partial charge in [-0.1, -0.05) is 6.92 Å². The summed E-state index contributed by atoms with van der Waals surface area (Å²) in [6.45, 7) is 2.96. The Hall–Kier alpha value is 0.190. The van der Waals surface area contributed by atoms with E-state index < -0.39 is 0 Å². The Morgan fingerprint density at radius 3 is 3.00 bits per heavy atom. The summed E-state index contributed by atoms with van der Waals surface area (Å²) >= 11 is 11.7. The molecule has 0 aliphatic carbocycles. The Balaban J connectivity index is 2.28. The molecule has 1 aliphatic rings. The maximum atomic E-state index is 12.6. The monoisotopic (exact) mass is 441 g/mol. The molecule has 2 nitrogen and oxygen atoms in total. The molecule has 1 aromatic rings. The summed E-state index contributed by atoms with van der Waals surface area (Å²) < 4.78 is 1.91. The Morgan fingerprint density at radius 1 is 1.61 bits per heavy atom.